The number of nitrogens with zero attached hydrogens (tertiary/aromatic N) is 2. The van der Waals surface area contributed by atoms with Crippen molar-refractivity contribution in [2.24, 2.45) is 0 Å². The third-order valence-corrected chi connectivity index (χ3v) is 6.46. The Morgan fingerprint density at radius 1 is 1.09 bits per heavy atom. The topological polar surface area (TPSA) is 106 Å². The first-order chi connectivity index (χ1) is 16.5. The van der Waals surface area contributed by atoms with Crippen LogP contribution < -0.4 is 14.4 Å². The highest BCUT2D eigenvalue weighted by Gasteiger charge is 2.66. The lowest BCUT2D eigenvalue weighted by atomic mass is 9.82. The van der Waals surface area contributed by atoms with Gasteiger partial charge in [-0.1, -0.05) is 18.2 Å². The van der Waals surface area contributed by atoms with E-state index in [1.165, 1.54) is 16.9 Å². The van der Waals surface area contributed by atoms with Gasteiger partial charge in [0.1, 0.15) is 19.0 Å². The number of ether oxygens (including phenoxy) is 3. The van der Waals surface area contributed by atoms with Crippen LogP contribution in [-0.2, 0) is 24.7 Å². The normalized spacial score (nSPS) is 22.6. The molecule has 1 atom stereocenters. The molecule has 3 aliphatic heterocycles. The average molecular weight is 464 g/mol. The maximum atomic E-state index is 14.0. The smallest absolute Gasteiger partial charge is 0.296 e. The zero-order chi connectivity index (χ0) is 24.0. The lowest BCUT2D eigenvalue weighted by Crippen LogP contribution is -2.52. The molecule has 176 valence electrons. The molecule has 5 rings (SSSR count). The Bertz CT molecular complexity index is 1240. The minimum absolute atomic E-state index is 0.00335. The van der Waals surface area contributed by atoms with Crippen molar-refractivity contribution in [3.63, 3.8) is 0 Å². The number of rotatable bonds is 5. The zero-order valence-corrected chi connectivity index (χ0v) is 18.9. The standard InChI is InChI=1S/C25H24N2O7/c1-3-26-17-7-5-4-6-16(17)25(24(26)31)20(22(29)23(30)27(25)10-11-32-2)21(28)15-8-9-18-19(14-15)34-13-12-33-18/h4-9,14,28H,3,10-13H2,1-2H3/t25-/m0/s1. The third-order valence-electron chi connectivity index (χ3n) is 6.46. The molecule has 1 spiro atoms. The molecule has 0 saturated carbocycles. The van der Waals surface area contributed by atoms with E-state index < -0.39 is 28.9 Å². The maximum Gasteiger partial charge on any atom is 0.296 e. The van der Waals surface area contributed by atoms with E-state index >= 15 is 0 Å². The SMILES string of the molecule is CCN1C(=O)[C@@]2(C(=C(O)c3ccc4c(c3)OCCO4)C(=O)C(=O)N2CCOC)c2ccccc21. The van der Waals surface area contributed by atoms with E-state index in [1.54, 1.807) is 42.5 Å². The number of likely N-dealkylation sites (N-methyl/N-ethyl adjacent to an activating group) is 1. The van der Waals surface area contributed by atoms with Gasteiger partial charge in [0.05, 0.1) is 17.9 Å². The number of ketones is 1. The molecule has 0 radical (unpaired) electrons. The van der Waals surface area contributed by atoms with E-state index in [0.717, 1.165) is 0 Å². The van der Waals surface area contributed by atoms with Gasteiger partial charge in [-0.25, -0.2) is 0 Å². The Labute approximate surface area is 196 Å². The Kier molecular flexibility index (Phi) is 5.28. The Morgan fingerprint density at radius 2 is 1.82 bits per heavy atom. The quantitative estimate of drug-likeness (QED) is 0.410. The molecule has 2 aromatic rings. The molecule has 0 aromatic heterocycles. The third kappa shape index (κ3) is 2.86. The predicted molar refractivity (Wildman–Crippen MR) is 122 cm³/mol. The first kappa shape index (κ1) is 22.0. The van der Waals surface area contributed by atoms with Gasteiger partial charge in [0.25, 0.3) is 17.6 Å². The second-order valence-electron chi connectivity index (χ2n) is 8.14. The number of anilines is 1. The van der Waals surface area contributed by atoms with Crippen molar-refractivity contribution < 1.29 is 33.7 Å². The fourth-order valence-corrected chi connectivity index (χ4v) is 5.00. The predicted octanol–water partition coefficient (Wildman–Crippen LogP) is 2.05. The minimum Gasteiger partial charge on any atom is -0.507 e. The summed E-state index contributed by atoms with van der Waals surface area (Å²) in [6, 6.07) is 11.8. The van der Waals surface area contributed by atoms with Crippen molar-refractivity contribution >= 4 is 29.0 Å². The van der Waals surface area contributed by atoms with E-state index in [-0.39, 0.29) is 24.3 Å². The van der Waals surface area contributed by atoms with Crippen LogP contribution in [0.5, 0.6) is 11.5 Å². The highest BCUT2D eigenvalue weighted by molar-refractivity contribution is 6.50. The van der Waals surface area contributed by atoms with Crippen LogP contribution in [0.4, 0.5) is 5.69 Å². The lowest BCUT2D eigenvalue weighted by Gasteiger charge is -2.34. The molecule has 1 N–H and O–H groups in total. The molecule has 3 heterocycles. The summed E-state index contributed by atoms with van der Waals surface area (Å²) in [7, 11) is 1.47. The molecule has 0 aliphatic carbocycles. The van der Waals surface area contributed by atoms with Crippen LogP contribution in [-0.4, -0.2) is 67.6 Å². The summed E-state index contributed by atoms with van der Waals surface area (Å²) in [5.74, 6) is -1.78. The van der Waals surface area contributed by atoms with Crippen LogP contribution in [0.25, 0.3) is 5.76 Å². The summed E-state index contributed by atoms with van der Waals surface area (Å²) in [6.45, 7) is 3.00. The monoisotopic (exact) mass is 464 g/mol. The zero-order valence-electron chi connectivity index (χ0n) is 18.9. The van der Waals surface area contributed by atoms with E-state index in [2.05, 4.69) is 0 Å². The van der Waals surface area contributed by atoms with E-state index in [0.29, 0.717) is 42.5 Å². The number of amides is 2. The van der Waals surface area contributed by atoms with Crippen LogP contribution in [0.3, 0.4) is 0 Å². The number of aliphatic hydroxyl groups is 1. The summed E-state index contributed by atoms with van der Waals surface area (Å²) < 4.78 is 16.3. The van der Waals surface area contributed by atoms with Crippen LogP contribution in [0.2, 0.25) is 0 Å². The number of para-hydroxylation sites is 1. The first-order valence-corrected chi connectivity index (χ1v) is 11.1. The molecule has 34 heavy (non-hydrogen) atoms. The van der Waals surface area contributed by atoms with Gasteiger partial charge in [-0.15, -0.1) is 0 Å². The largest absolute Gasteiger partial charge is 0.507 e. The second-order valence-corrected chi connectivity index (χ2v) is 8.14. The molecule has 2 aromatic carbocycles. The first-order valence-electron chi connectivity index (χ1n) is 11.1. The summed E-state index contributed by atoms with van der Waals surface area (Å²) in [5, 5.41) is 11.5. The number of aliphatic hydroxyl groups excluding tert-OH is 1. The molecular formula is C25H24N2O7. The fourth-order valence-electron chi connectivity index (χ4n) is 5.00. The lowest BCUT2D eigenvalue weighted by molar-refractivity contribution is -0.144. The Balaban J connectivity index is 1.79. The number of methoxy groups -OCH3 is 1. The van der Waals surface area contributed by atoms with E-state index in [1.807, 2.05) is 6.92 Å². The van der Waals surface area contributed by atoms with Gasteiger partial charge in [0, 0.05) is 31.3 Å². The molecule has 9 nitrogen and oxygen atoms in total. The summed E-state index contributed by atoms with van der Waals surface area (Å²) in [6.07, 6.45) is 0. The van der Waals surface area contributed by atoms with Gasteiger partial charge in [-0.3, -0.25) is 14.4 Å². The number of likely N-dealkylation sites (tertiary alicyclic amines) is 1. The fraction of sp³-hybridized carbons (Fsp3) is 0.320. The second kappa shape index (κ2) is 8.18. The van der Waals surface area contributed by atoms with Crippen LogP contribution >= 0.6 is 0 Å². The number of Topliss-reactive ketones (excluding diaryl/α,β-unsaturated/α-hetero) is 1. The number of carbonyl (C=O) groups excluding carboxylic acids is 3. The maximum absolute atomic E-state index is 14.0. The molecule has 1 fully saturated rings. The van der Waals surface area contributed by atoms with Crippen molar-refractivity contribution in [1.82, 2.24) is 4.90 Å². The van der Waals surface area contributed by atoms with Crippen molar-refractivity contribution in [2.45, 2.75) is 12.5 Å². The van der Waals surface area contributed by atoms with Crippen LogP contribution in [0.1, 0.15) is 18.1 Å². The highest BCUT2D eigenvalue weighted by atomic mass is 16.6. The molecule has 1 saturated heterocycles. The molecule has 3 aliphatic rings. The number of hydrogen-bond donors (Lipinski definition) is 1. The van der Waals surface area contributed by atoms with Crippen molar-refractivity contribution in [1.29, 1.82) is 0 Å². The van der Waals surface area contributed by atoms with Gasteiger partial charge in [-0.05, 0) is 31.2 Å². The van der Waals surface area contributed by atoms with Crippen LogP contribution in [0, 0.1) is 0 Å². The average Bonchev–Trinajstić information content (AvgIpc) is 3.24. The molecule has 2 amide bonds. The van der Waals surface area contributed by atoms with E-state index in [9.17, 15) is 19.5 Å². The summed E-state index contributed by atoms with van der Waals surface area (Å²) >= 11 is 0. The van der Waals surface area contributed by atoms with Gasteiger partial charge < -0.3 is 29.1 Å². The van der Waals surface area contributed by atoms with Crippen molar-refractivity contribution in [3.8, 4) is 11.5 Å². The van der Waals surface area contributed by atoms with Gasteiger partial charge in [0.2, 0.25) is 0 Å². The van der Waals surface area contributed by atoms with E-state index in [4.69, 9.17) is 14.2 Å². The number of benzene rings is 2. The molecule has 0 unspecified atom stereocenters. The highest BCUT2D eigenvalue weighted by Crippen LogP contribution is 2.53. The van der Waals surface area contributed by atoms with Crippen molar-refractivity contribution in [2.75, 3.05) is 44.9 Å². The number of hydrogen-bond acceptors (Lipinski definition) is 7. The van der Waals surface area contributed by atoms with Crippen molar-refractivity contribution in [3.05, 3.63) is 59.2 Å². The number of fused-ring (bicyclic) bond motifs is 3. The summed E-state index contributed by atoms with van der Waals surface area (Å²) in [5.41, 5.74) is -0.757. The summed E-state index contributed by atoms with van der Waals surface area (Å²) in [4.78, 5) is 43.4. The van der Waals surface area contributed by atoms with Gasteiger partial charge in [-0.2, -0.15) is 0 Å². The molecular weight excluding hydrogens is 440 g/mol. The Morgan fingerprint density at radius 3 is 2.56 bits per heavy atom. The number of carbonyl (C=O) groups is 3. The van der Waals surface area contributed by atoms with Gasteiger partial charge >= 0.3 is 0 Å². The minimum atomic E-state index is -1.79. The Hall–Kier alpha value is -3.85. The molecule has 9 heteroatoms. The molecule has 0 bridgehead atoms. The van der Waals surface area contributed by atoms with Crippen LogP contribution in [0.15, 0.2) is 48.0 Å². The van der Waals surface area contributed by atoms with Gasteiger partial charge in [0.15, 0.2) is 17.0 Å².